The molecule has 0 aromatic carbocycles. The molecule has 90 valence electrons. The molecule has 0 saturated heterocycles. The summed E-state index contributed by atoms with van der Waals surface area (Å²) in [5.41, 5.74) is 2.14. The Hall–Kier alpha value is -0.610. The average Bonchev–Trinajstić information content (AvgIpc) is 2.23. The van der Waals surface area contributed by atoms with E-state index < -0.39 is 0 Å². The number of unbranched alkanes of at least 4 members (excludes halogenated alkanes) is 3. The van der Waals surface area contributed by atoms with Gasteiger partial charge in [-0.05, 0) is 26.3 Å². The van der Waals surface area contributed by atoms with Crippen molar-refractivity contribution in [2.75, 3.05) is 6.54 Å². The van der Waals surface area contributed by atoms with Crippen molar-refractivity contribution in [1.29, 1.82) is 0 Å². The van der Waals surface area contributed by atoms with Crippen molar-refractivity contribution in [1.82, 2.24) is 10.7 Å². The molecule has 0 radical (unpaired) electrons. The predicted octanol–water partition coefficient (Wildman–Crippen LogP) is 1.31. The SMILES string of the molecule is CCNC(C)CCCCCCC(=O)NN. The lowest BCUT2D eigenvalue weighted by Gasteiger charge is -2.11. The molecule has 15 heavy (non-hydrogen) atoms. The van der Waals surface area contributed by atoms with Gasteiger partial charge in [0.2, 0.25) is 5.91 Å². The van der Waals surface area contributed by atoms with Gasteiger partial charge in [-0.15, -0.1) is 0 Å². The van der Waals surface area contributed by atoms with E-state index in [-0.39, 0.29) is 5.91 Å². The molecule has 0 aliphatic rings. The Bertz CT molecular complexity index is 162. The van der Waals surface area contributed by atoms with Crippen molar-refractivity contribution in [3.8, 4) is 0 Å². The molecule has 0 aliphatic carbocycles. The minimum absolute atomic E-state index is 0.0592. The number of nitrogens with two attached hydrogens (primary N) is 1. The summed E-state index contributed by atoms with van der Waals surface area (Å²) in [6.45, 7) is 5.38. The van der Waals surface area contributed by atoms with Gasteiger partial charge in [0.05, 0.1) is 0 Å². The van der Waals surface area contributed by atoms with Crippen molar-refractivity contribution < 1.29 is 4.79 Å². The van der Waals surface area contributed by atoms with Gasteiger partial charge in [-0.2, -0.15) is 0 Å². The number of hydrogen-bond acceptors (Lipinski definition) is 3. The Balaban J connectivity index is 3.14. The van der Waals surface area contributed by atoms with Crippen molar-refractivity contribution in [2.24, 2.45) is 5.84 Å². The van der Waals surface area contributed by atoms with E-state index in [1.54, 1.807) is 0 Å². The van der Waals surface area contributed by atoms with Crippen LogP contribution in [0.3, 0.4) is 0 Å². The van der Waals surface area contributed by atoms with E-state index in [1.807, 2.05) is 0 Å². The summed E-state index contributed by atoms with van der Waals surface area (Å²) in [7, 11) is 0. The molecule has 0 bridgehead atoms. The maximum atomic E-state index is 10.8. The lowest BCUT2D eigenvalue weighted by atomic mass is 10.1. The summed E-state index contributed by atoms with van der Waals surface area (Å²) < 4.78 is 0. The fourth-order valence-corrected chi connectivity index (χ4v) is 1.61. The molecule has 1 atom stereocenters. The van der Waals surface area contributed by atoms with Gasteiger partial charge in [0.15, 0.2) is 0 Å². The molecule has 4 heteroatoms. The zero-order valence-electron chi connectivity index (χ0n) is 10.0. The van der Waals surface area contributed by atoms with Gasteiger partial charge in [0.25, 0.3) is 0 Å². The number of hydrogen-bond donors (Lipinski definition) is 3. The first-order valence-electron chi connectivity index (χ1n) is 5.93. The van der Waals surface area contributed by atoms with Crippen LogP contribution in [0, 0.1) is 0 Å². The molecule has 0 aromatic rings. The number of rotatable bonds is 9. The highest BCUT2D eigenvalue weighted by atomic mass is 16.2. The quantitative estimate of drug-likeness (QED) is 0.235. The second kappa shape index (κ2) is 9.93. The summed E-state index contributed by atoms with van der Waals surface area (Å²) in [5, 5.41) is 3.38. The Morgan fingerprint density at radius 2 is 1.93 bits per heavy atom. The van der Waals surface area contributed by atoms with Crippen molar-refractivity contribution in [3.05, 3.63) is 0 Å². The largest absolute Gasteiger partial charge is 0.315 e. The molecule has 0 saturated carbocycles. The Kier molecular flexibility index (Phi) is 9.52. The van der Waals surface area contributed by atoms with Gasteiger partial charge >= 0.3 is 0 Å². The van der Waals surface area contributed by atoms with Crippen LogP contribution in [0.1, 0.15) is 52.4 Å². The maximum absolute atomic E-state index is 10.8. The van der Waals surface area contributed by atoms with Gasteiger partial charge in [0, 0.05) is 12.5 Å². The second-order valence-electron chi connectivity index (χ2n) is 3.98. The van der Waals surface area contributed by atoms with E-state index in [2.05, 4.69) is 24.6 Å². The van der Waals surface area contributed by atoms with E-state index in [0.717, 1.165) is 19.4 Å². The predicted molar refractivity (Wildman–Crippen MR) is 63.2 cm³/mol. The molecular weight excluding hydrogens is 190 g/mol. The minimum Gasteiger partial charge on any atom is -0.315 e. The number of hydrazine groups is 1. The Morgan fingerprint density at radius 1 is 1.27 bits per heavy atom. The highest BCUT2D eigenvalue weighted by molar-refractivity contribution is 5.74. The van der Waals surface area contributed by atoms with Crippen LogP contribution in [0.2, 0.25) is 0 Å². The third-order valence-corrected chi connectivity index (χ3v) is 2.50. The van der Waals surface area contributed by atoms with Crippen molar-refractivity contribution in [3.63, 3.8) is 0 Å². The summed E-state index contributed by atoms with van der Waals surface area (Å²) in [4.78, 5) is 10.8. The normalized spacial score (nSPS) is 12.5. The number of carbonyl (C=O) groups excluding carboxylic acids is 1. The van der Waals surface area contributed by atoms with Crippen LogP contribution in [0.15, 0.2) is 0 Å². The molecule has 0 aliphatic heterocycles. The Labute approximate surface area is 93.0 Å². The molecule has 4 nitrogen and oxygen atoms in total. The fraction of sp³-hybridized carbons (Fsp3) is 0.909. The summed E-state index contributed by atoms with van der Waals surface area (Å²) in [6, 6.07) is 0.613. The van der Waals surface area contributed by atoms with Crippen molar-refractivity contribution in [2.45, 2.75) is 58.4 Å². The van der Waals surface area contributed by atoms with Crippen LogP contribution < -0.4 is 16.6 Å². The number of amides is 1. The molecule has 1 amide bonds. The molecule has 4 N–H and O–H groups in total. The van der Waals surface area contributed by atoms with Crippen LogP contribution in [-0.2, 0) is 4.79 Å². The van der Waals surface area contributed by atoms with Gasteiger partial charge in [-0.1, -0.05) is 26.2 Å². The van der Waals surface area contributed by atoms with Crippen molar-refractivity contribution >= 4 is 5.91 Å². The first-order chi connectivity index (χ1) is 7.20. The smallest absolute Gasteiger partial charge is 0.233 e. The standard InChI is InChI=1S/C11H25N3O/c1-3-13-10(2)8-6-4-5-7-9-11(15)14-12/h10,13H,3-9,12H2,1-2H3,(H,14,15). The highest BCUT2D eigenvalue weighted by Crippen LogP contribution is 2.07. The van der Waals surface area contributed by atoms with E-state index in [4.69, 9.17) is 5.84 Å². The third kappa shape index (κ3) is 9.69. The van der Waals surface area contributed by atoms with Gasteiger partial charge in [-0.3, -0.25) is 10.2 Å². The van der Waals surface area contributed by atoms with E-state index in [1.165, 1.54) is 19.3 Å². The highest BCUT2D eigenvalue weighted by Gasteiger charge is 2.00. The molecule has 1 unspecified atom stereocenters. The van der Waals surface area contributed by atoms with Crippen LogP contribution in [0.5, 0.6) is 0 Å². The summed E-state index contributed by atoms with van der Waals surface area (Å²) >= 11 is 0. The fourth-order valence-electron chi connectivity index (χ4n) is 1.61. The second-order valence-corrected chi connectivity index (χ2v) is 3.98. The molecular formula is C11H25N3O. The van der Waals surface area contributed by atoms with Gasteiger partial charge in [0.1, 0.15) is 0 Å². The zero-order chi connectivity index (χ0) is 11.5. The number of carbonyl (C=O) groups is 1. The molecule has 0 rings (SSSR count). The summed E-state index contributed by atoms with van der Waals surface area (Å²) in [6.07, 6.45) is 6.27. The van der Waals surface area contributed by atoms with Gasteiger partial charge < -0.3 is 5.32 Å². The maximum Gasteiger partial charge on any atom is 0.233 e. The molecule has 0 aromatic heterocycles. The van der Waals surface area contributed by atoms with Crippen LogP contribution >= 0.6 is 0 Å². The van der Waals surface area contributed by atoms with Gasteiger partial charge in [-0.25, -0.2) is 5.84 Å². The van der Waals surface area contributed by atoms with E-state index >= 15 is 0 Å². The minimum atomic E-state index is -0.0592. The van der Waals surface area contributed by atoms with Crippen LogP contribution in [0.25, 0.3) is 0 Å². The monoisotopic (exact) mass is 215 g/mol. The zero-order valence-corrected chi connectivity index (χ0v) is 10.0. The Morgan fingerprint density at radius 3 is 2.53 bits per heavy atom. The topological polar surface area (TPSA) is 67.2 Å². The molecule has 0 heterocycles. The molecule has 0 fully saturated rings. The molecule has 0 spiro atoms. The first kappa shape index (κ1) is 14.4. The average molecular weight is 215 g/mol. The third-order valence-electron chi connectivity index (χ3n) is 2.50. The lowest BCUT2D eigenvalue weighted by molar-refractivity contribution is -0.121. The van der Waals surface area contributed by atoms with E-state index in [0.29, 0.717) is 12.5 Å². The van der Waals surface area contributed by atoms with E-state index in [9.17, 15) is 4.79 Å². The van der Waals surface area contributed by atoms with Crippen LogP contribution in [0.4, 0.5) is 0 Å². The number of nitrogens with one attached hydrogen (secondary N) is 2. The first-order valence-corrected chi connectivity index (χ1v) is 5.93. The summed E-state index contributed by atoms with van der Waals surface area (Å²) in [5.74, 6) is 4.92. The lowest BCUT2D eigenvalue weighted by Crippen LogP contribution is -2.29. The van der Waals surface area contributed by atoms with Crippen LogP contribution in [-0.4, -0.2) is 18.5 Å².